The molecule has 13 rings (SSSR count). The maximum absolute atomic E-state index is 2.61. The largest absolute Gasteiger partial charge is 0.310 e. The molecule has 0 bridgehead atoms. The van der Waals surface area contributed by atoms with Gasteiger partial charge in [0.25, 0.3) is 6.71 Å². The third-order valence-electron chi connectivity index (χ3n) is 13.8. The first kappa shape index (κ1) is 36.6. The third-order valence-corrected chi connectivity index (χ3v) is 13.8. The van der Waals surface area contributed by atoms with Gasteiger partial charge in [0.15, 0.2) is 0 Å². The molecule has 0 saturated heterocycles. The lowest BCUT2D eigenvalue weighted by Gasteiger charge is -2.46. The molecule has 0 atom stereocenters. The highest BCUT2D eigenvalue weighted by molar-refractivity contribution is 7.00. The zero-order valence-electron chi connectivity index (χ0n) is 35.7. The predicted molar refractivity (Wildman–Crippen MR) is 275 cm³/mol. The van der Waals surface area contributed by atoms with Gasteiger partial charge in [-0.25, -0.2) is 0 Å². The van der Waals surface area contributed by atoms with E-state index in [0.29, 0.717) is 0 Å². The molecular formula is C60H42BN3. The summed E-state index contributed by atoms with van der Waals surface area (Å²) in [5.74, 6) is 0. The van der Waals surface area contributed by atoms with Gasteiger partial charge in [0.05, 0.1) is 17.1 Å². The highest BCUT2D eigenvalue weighted by atomic mass is 15.2. The Bertz CT molecular complexity index is 3460. The second-order valence-electron chi connectivity index (χ2n) is 17.4. The number of para-hydroxylation sites is 2. The summed E-state index contributed by atoms with van der Waals surface area (Å²) >= 11 is 0. The Hall–Kier alpha value is -8.08. The Kier molecular flexibility index (Phi) is 8.13. The first-order valence-corrected chi connectivity index (χ1v) is 22.3. The van der Waals surface area contributed by atoms with Crippen molar-refractivity contribution in [3.63, 3.8) is 0 Å². The molecule has 0 amide bonds. The van der Waals surface area contributed by atoms with Crippen molar-refractivity contribution in [3.05, 3.63) is 230 Å². The van der Waals surface area contributed by atoms with Crippen LogP contribution >= 0.6 is 0 Å². The van der Waals surface area contributed by atoms with Crippen molar-refractivity contribution in [2.24, 2.45) is 0 Å². The summed E-state index contributed by atoms with van der Waals surface area (Å²) in [5.41, 5.74) is 16.8. The molecule has 0 spiro atoms. The van der Waals surface area contributed by atoms with Crippen molar-refractivity contribution in [1.82, 2.24) is 0 Å². The van der Waals surface area contributed by atoms with Crippen molar-refractivity contribution in [2.75, 3.05) is 14.7 Å². The van der Waals surface area contributed by atoms with Crippen LogP contribution in [-0.2, 0) is 0 Å². The van der Waals surface area contributed by atoms with Crippen LogP contribution < -0.4 is 31.1 Å². The number of rotatable bonds is 5. The predicted octanol–water partition coefficient (Wildman–Crippen LogP) is 14.5. The van der Waals surface area contributed by atoms with Gasteiger partial charge < -0.3 is 14.7 Å². The minimum Gasteiger partial charge on any atom is -0.310 e. The van der Waals surface area contributed by atoms with E-state index in [-0.39, 0.29) is 6.71 Å². The van der Waals surface area contributed by atoms with E-state index in [1.807, 2.05) is 0 Å². The van der Waals surface area contributed by atoms with Gasteiger partial charge >= 0.3 is 0 Å². The lowest BCUT2D eigenvalue weighted by Crippen LogP contribution is -2.61. The number of hydrogen-bond donors (Lipinski definition) is 0. The molecule has 0 aliphatic carbocycles. The second kappa shape index (κ2) is 14.2. The monoisotopic (exact) mass is 815 g/mol. The lowest BCUT2D eigenvalue weighted by atomic mass is 9.33. The molecule has 64 heavy (non-hydrogen) atoms. The normalized spacial score (nSPS) is 12.8. The molecule has 2 aliphatic heterocycles. The van der Waals surface area contributed by atoms with E-state index in [1.165, 1.54) is 93.4 Å². The van der Waals surface area contributed by atoms with E-state index >= 15 is 0 Å². The van der Waals surface area contributed by atoms with E-state index in [1.54, 1.807) is 0 Å². The van der Waals surface area contributed by atoms with E-state index in [4.69, 9.17) is 0 Å². The van der Waals surface area contributed by atoms with Gasteiger partial charge in [0.2, 0.25) is 0 Å². The van der Waals surface area contributed by atoms with Gasteiger partial charge in [-0.3, -0.25) is 0 Å². The van der Waals surface area contributed by atoms with E-state index in [2.05, 4.69) is 247 Å². The number of aryl methyl sites for hydroxylation is 2. The van der Waals surface area contributed by atoms with Gasteiger partial charge in [-0.1, -0.05) is 182 Å². The maximum Gasteiger partial charge on any atom is 0.252 e. The molecule has 2 aliphatic rings. The molecule has 2 heterocycles. The van der Waals surface area contributed by atoms with Crippen molar-refractivity contribution in [1.29, 1.82) is 0 Å². The molecule has 4 heteroatoms. The molecular weight excluding hydrogens is 773 g/mol. The maximum atomic E-state index is 2.61. The van der Waals surface area contributed by atoms with Crippen LogP contribution in [0.4, 0.5) is 51.2 Å². The Balaban J connectivity index is 1.25. The van der Waals surface area contributed by atoms with Gasteiger partial charge in [-0.15, -0.1) is 0 Å². The highest BCUT2D eigenvalue weighted by Gasteiger charge is 2.45. The van der Waals surface area contributed by atoms with Crippen LogP contribution in [0, 0.1) is 13.8 Å². The molecule has 11 aromatic carbocycles. The molecule has 0 radical (unpaired) electrons. The zero-order chi connectivity index (χ0) is 42.5. The number of anilines is 9. The Morgan fingerprint density at radius 1 is 0.344 bits per heavy atom. The number of hydrogen-bond acceptors (Lipinski definition) is 3. The standard InChI is InChI=1S/C60H42BN3/c1-39-17-3-13-29-52(39)62(53-30-14-4-18-40(53)2)45-37-56-58-57(38-45)64(55-32-16-24-42-20-6-10-26-47(42)55)60-49-28-12-8-22-44(49)34-36-51(60)61(58)50-35-33-43-21-7-11-27-48(43)59(50)63(56)54-31-15-23-41-19-5-9-25-46(41)54/h3-38H,1-2H3. The minimum atomic E-state index is -0.0545. The molecule has 300 valence electrons. The lowest BCUT2D eigenvalue weighted by molar-refractivity contribution is 1.21. The van der Waals surface area contributed by atoms with Crippen molar-refractivity contribution < 1.29 is 0 Å². The first-order valence-electron chi connectivity index (χ1n) is 22.3. The van der Waals surface area contributed by atoms with Crippen molar-refractivity contribution >= 4 is 117 Å². The Labute approximate surface area is 373 Å². The molecule has 0 aromatic heterocycles. The zero-order valence-corrected chi connectivity index (χ0v) is 35.7. The molecule has 0 fully saturated rings. The molecule has 11 aromatic rings. The summed E-state index contributed by atoms with van der Waals surface area (Å²) in [6.07, 6.45) is 0. The summed E-state index contributed by atoms with van der Waals surface area (Å²) in [5, 5.41) is 9.76. The van der Waals surface area contributed by atoms with Gasteiger partial charge in [0.1, 0.15) is 0 Å². The van der Waals surface area contributed by atoms with Gasteiger partial charge in [-0.2, -0.15) is 0 Å². The summed E-state index contributed by atoms with van der Waals surface area (Å²) in [6, 6.07) is 81.3. The summed E-state index contributed by atoms with van der Waals surface area (Å²) in [4.78, 5) is 7.72. The Morgan fingerprint density at radius 3 is 1.17 bits per heavy atom. The van der Waals surface area contributed by atoms with Crippen LogP contribution in [0.2, 0.25) is 0 Å². The molecule has 0 unspecified atom stereocenters. The van der Waals surface area contributed by atoms with Crippen LogP contribution in [0.3, 0.4) is 0 Å². The quantitative estimate of drug-likeness (QED) is 0.160. The fourth-order valence-corrected chi connectivity index (χ4v) is 11.0. The fraction of sp³-hybridized carbons (Fsp3) is 0.0333. The minimum absolute atomic E-state index is 0.0545. The molecule has 0 N–H and O–H groups in total. The van der Waals surface area contributed by atoms with Crippen LogP contribution in [0.15, 0.2) is 218 Å². The topological polar surface area (TPSA) is 9.72 Å². The van der Waals surface area contributed by atoms with E-state index < -0.39 is 0 Å². The smallest absolute Gasteiger partial charge is 0.252 e. The molecule has 3 nitrogen and oxygen atoms in total. The van der Waals surface area contributed by atoms with E-state index in [0.717, 1.165) is 28.4 Å². The van der Waals surface area contributed by atoms with Crippen LogP contribution in [0.1, 0.15) is 11.1 Å². The Morgan fingerprint density at radius 2 is 0.719 bits per heavy atom. The average Bonchev–Trinajstić information content (AvgIpc) is 3.34. The van der Waals surface area contributed by atoms with Crippen LogP contribution in [0.25, 0.3) is 43.1 Å². The number of benzene rings is 11. The highest BCUT2D eigenvalue weighted by Crippen LogP contribution is 2.52. The van der Waals surface area contributed by atoms with E-state index in [9.17, 15) is 0 Å². The van der Waals surface area contributed by atoms with Gasteiger partial charge in [0, 0.05) is 55.7 Å². The summed E-state index contributed by atoms with van der Waals surface area (Å²) in [7, 11) is 0. The van der Waals surface area contributed by atoms with Gasteiger partial charge in [-0.05, 0) is 99.3 Å². The number of nitrogens with zero attached hydrogens (tertiary/aromatic N) is 3. The fourth-order valence-electron chi connectivity index (χ4n) is 11.0. The SMILES string of the molecule is Cc1ccccc1N(c1cc2c3c(c1)N(c1cccc4ccccc14)c1c(ccc4ccccc14)B3c1ccc3ccccc3c1N2c1cccc2ccccc12)c1ccccc1C. The third kappa shape index (κ3) is 5.36. The first-order chi connectivity index (χ1) is 31.6. The number of fused-ring (bicyclic) bond motifs is 10. The van der Waals surface area contributed by atoms with Crippen LogP contribution in [-0.4, -0.2) is 6.71 Å². The average molecular weight is 816 g/mol. The second-order valence-corrected chi connectivity index (χ2v) is 17.4. The molecule has 0 saturated carbocycles. The van der Waals surface area contributed by atoms with Crippen molar-refractivity contribution in [3.8, 4) is 0 Å². The summed E-state index contributed by atoms with van der Waals surface area (Å²) < 4.78 is 0. The summed E-state index contributed by atoms with van der Waals surface area (Å²) in [6.45, 7) is 4.41. The van der Waals surface area contributed by atoms with Crippen LogP contribution in [0.5, 0.6) is 0 Å². The van der Waals surface area contributed by atoms with Crippen molar-refractivity contribution in [2.45, 2.75) is 13.8 Å².